The molecule has 1 unspecified atom stereocenters. The van der Waals surface area contributed by atoms with Crippen LogP contribution in [0, 0.1) is 0 Å². The summed E-state index contributed by atoms with van der Waals surface area (Å²) >= 11 is 0. The number of nitrogens with zero attached hydrogens (tertiary/aromatic N) is 1. The van der Waals surface area contributed by atoms with Crippen molar-refractivity contribution in [3.63, 3.8) is 0 Å². The van der Waals surface area contributed by atoms with Gasteiger partial charge in [0.05, 0.1) is 6.10 Å². The first-order valence-corrected chi connectivity index (χ1v) is 7.27. The number of hydrogen-bond donors (Lipinski definition) is 1. The Morgan fingerprint density at radius 3 is 2.61 bits per heavy atom. The van der Waals surface area contributed by atoms with Crippen LogP contribution >= 0.6 is 0 Å². The molecule has 1 heterocycles. The molecule has 1 fully saturated rings. The average molecular weight is 247 g/mol. The van der Waals surface area contributed by atoms with Gasteiger partial charge in [0, 0.05) is 18.3 Å². The minimum absolute atomic E-state index is 0.319. The molecule has 2 atom stereocenters. The third-order valence-electron chi connectivity index (χ3n) is 4.05. The third kappa shape index (κ3) is 3.05. The van der Waals surface area contributed by atoms with E-state index in [4.69, 9.17) is 0 Å². The minimum atomic E-state index is -0.319. The fourth-order valence-corrected chi connectivity index (χ4v) is 2.78. The van der Waals surface area contributed by atoms with Crippen molar-refractivity contribution in [2.24, 2.45) is 0 Å². The van der Waals surface area contributed by atoms with Crippen LogP contribution < -0.4 is 4.90 Å². The molecule has 18 heavy (non-hydrogen) atoms. The Balaban J connectivity index is 2.12. The third-order valence-corrected chi connectivity index (χ3v) is 4.05. The van der Waals surface area contributed by atoms with Crippen LogP contribution in [0.1, 0.15) is 57.6 Å². The molecule has 0 radical (unpaired) electrons. The van der Waals surface area contributed by atoms with Gasteiger partial charge in [-0.1, -0.05) is 31.9 Å². The maximum atomic E-state index is 9.81. The summed E-state index contributed by atoms with van der Waals surface area (Å²) < 4.78 is 0. The van der Waals surface area contributed by atoms with Gasteiger partial charge in [-0.25, -0.2) is 0 Å². The molecule has 1 aromatic rings. The standard InChI is InChI=1S/C16H25NO/c1-3-16(18)14-8-10-15(11-9-14)17-12-6-4-5-7-13(17)2/h8-11,13,16,18H,3-7,12H2,1-2H3/t13?,16-/m0/s1. The van der Waals surface area contributed by atoms with Crippen molar-refractivity contribution in [3.8, 4) is 0 Å². The summed E-state index contributed by atoms with van der Waals surface area (Å²) in [6.45, 7) is 5.49. The van der Waals surface area contributed by atoms with Crippen molar-refractivity contribution in [2.45, 2.75) is 58.1 Å². The Morgan fingerprint density at radius 1 is 1.22 bits per heavy atom. The monoisotopic (exact) mass is 247 g/mol. The van der Waals surface area contributed by atoms with Crippen molar-refractivity contribution in [2.75, 3.05) is 11.4 Å². The van der Waals surface area contributed by atoms with E-state index in [-0.39, 0.29) is 6.10 Å². The molecule has 100 valence electrons. The van der Waals surface area contributed by atoms with E-state index in [1.807, 2.05) is 6.92 Å². The van der Waals surface area contributed by atoms with E-state index in [0.29, 0.717) is 6.04 Å². The number of aliphatic hydroxyl groups excluding tert-OH is 1. The Bertz CT molecular complexity index is 360. The largest absolute Gasteiger partial charge is 0.388 e. The zero-order valence-corrected chi connectivity index (χ0v) is 11.6. The van der Waals surface area contributed by atoms with Crippen molar-refractivity contribution >= 4 is 5.69 Å². The van der Waals surface area contributed by atoms with E-state index in [1.54, 1.807) is 0 Å². The Hall–Kier alpha value is -1.02. The molecular weight excluding hydrogens is 222 g/mol. The lowest BCUT2D eigenvalue weighted by atomic mass is 10.1. The van der Waals surface area contributed by atoms with Crippen LogP contribution in [-0.2, 0) is 0 Å². The van der Waals surface area contributed by atoms with Crippen LogP contribution in [0.4, 0.5) is 5.69 Å². The summed E-state index contributed by atoms with van der Waals surface area (Å²) in [5.41, 5.74) is 2.33. The molecule has 1 saturated heterocycles. The van der Waals surface area contributed by atoms with Crippen molar-refractivity contribution < 1.29 is 5.11 Å². The Labute approximate surface area is 111 Å². The lowest BCUT2D eigenvalue weighted by Gasteiger charge is -2.29. The van der Waals surface area contributed by atoms with Crippen LogP contribution in [-0.4, -0.2) is 17.7 Å². The average Bonchev–Trinajstić information content (AvgIpc) is 2.63. The number of anilines is 1. The van der Waals surface area contributed by atoms with Gasteiger partial charge in [0.1, 0.15) is 0 Å². The molecule has 2 heteroatoms. The lowest BCUT2D eigenvalue weighted by Crippen LogP contribution is -2.32. The molecular formula is C16H25NO. The van der Waals surface area contributed by atoms with Crippen LogP contribution in [0.3, 0.4) is 0 Å². The smallest absolute Gasteiger partial charge is 0.0787 e. The highest BCUT2D eigenvalue weighted by Gasteiger charge is 2.17. The van der Waals surface area contributed by atoms with Crippen molar-refractivity contribution in [1.29, 1.82) is 0 Å². The summed E-state index contributed by atoms with van der Waals surface area (Å²) in [7, 11) is 0. The predicted octanol–water partition coefficient (Wildman–Crippen LogP) is 3.90. The topological polar surface area (TPSA) is 23.5 Å². The molecule has 1 aliphatic heterocycles. The molecule has 1 aromatic carbocycles. The van der Waals surface area contributed by atoms with E-state index in [1.165, 1.54) is 31.4 Å². The fourth-order valence-electron chi connectivity index (χ4n) is 2.78. The van der Waals surface area contributed by atoms with Gasteiger partial charge in [0.25, 0.3) is 0 Å². The SMILES string of the molecule is CC[C@H](O)c1ccc(N2CCCCCC2C)cc1. The lowest BCUT2D eigenvalue weighted by molar-refractivity contribution is 0.173. The quantitative estimate of drug-likeness (QED) is 0.875. The van der Waals surface area contributed by atoms with Gasteiger partial charge < -0.3 is 10.0 Å². The fraction of sp³-hybridized carbons (Fsp3) is 0.625. The molecule has 1 N–H and O–H groups in total. The molecule has 0 aliphatic carbocycles. The van der Waals surface area contributed by atoms with Crippen LogP contribution in [0.25, 0.3) is 0 Å². The zero-order chi connectivity index (χ0) is 13.0. The molecule has 0 saturated carbocycles. The molecule has 2 nitrogen and oxygen atoms in total. The second-order valence-corrected chi connectivity index (χ2v) is 5.41. The molecule has 0 bridgehead atoms. The van der Waals surface area contributed by atoms with Gasteiger partial charge in [-0.15, -0.1) is 0 Å². The molecule has 0 spiro atoms. The van der Waals surface area contributed by atoms with Crippen LogP contribution in [0.15, 0.2) is 24.3 Å². The van der Waals surface area contributed by atoms with Crippen molar-refractivity contribution in [1.82, 2.24) is 0 Å². The van der Waals surface area contributed by atoms with Crippen LogP contribution in [0.5, 0.6) is 0 Å². The highest BCUT2D eigenvalue weighted by molar-refractivity contribution is 5.49. The Morgan fingerprint density at radius 2 is 1.94 bits per heavy atom. The van der Waals surface area contributed by atoms with Crippen LogP contribution in [0.2, 0.25) is 0 Å². The molecule has 0 aromatic heterocycles. The summed E-state index contributed by atoms with van der Waals surface area (Å²) in [5.74, 6) is 0. The summed E-state index contributed by atoms with van der Waals surface area (Å²) in [5, 5.41) is 9.81. The van der Waals surface area contributed by atoms with E-state index in [9.17, 15) is 5.11 Å². The summed E-state index contributed by atoms with van der Waals surface area (Å²) in [4.78, 5) is 2.51. The zero-order valence-electron chi connectivity index (χ0n) is 11.6. The second-order valence-electron chi connectivity index (χ2n) is 5.41. The first-order valence-electron chi connectivity index (χ1n) is 7.27. The van der Waals surface area contributed by atoms with Gasteiger partial charge in [0.2, 0.25) is 0 Å². The van der Waals surface area contributed by atoms with E-state index in [0.717, 1.165) is 18.5 Å². The van der Waals surface area contributed by atoms with Gasteiger partial charge in [-0.2, -0.15) is 0 Å². The summed E-state index contributed by atoms with van der Waals surface area (Å²) in [6.07, 6.45) is 5.75. The first-order chi connectivity index (χ1) is 8.72. The number of aliphatic hydroxyl groups is 1. The maximum Gasteiger partial charge on any atom is 0.0787 e. The van der Waals surface area contributed by atoms with Gasteiger partial charge in [-0.05, 0) is 43.9 Å². The van der Waals surface area contributed by atoms with Gasteiger partial charge >= 0.3 is 0 Å². The highest BCUT2D eigenvalue weighted by atomic mass is 16.3. The Kier molecular flexibility index (Phi) is 4.65. The highest BCUT2D eigenvalue weighted by Crippen LogP contribution is 2.26. The van der Waals surface area contributed by atoms with E-state index >= 15 is 0 Å². The van der Waals surface area contributed by atoms with Crippen molar-refractivity contribution in [3.05, 3.63) is 29.8 Å². The predicted molar refractivity (Wildman–Crippen MR) is 77.0 cm³/mol. The van der Waals surface area contributed by atoms with E-state index < -0.39 is 0 Å². The minimum Gasteiger partial charge on any atom is -0.388 e. The number of hydrogen-bond acceptors (Lipinski definition) is 2. The van der Waals surface area contributed by atoms with Gasteiger partial charge in [0.15, 0.2) is 0 Å². The molecule has 0 amide bonds. The van der Waals surface area contributed by atoms with E-state index in [2.05, 4.69) is 36.1 Å². The number of benzene rings is 1. The number of rotatable bonds is 3. The molecule has 1 aliphatic rings. The summed E-state index contributed by atoms with van der Waals surface area (Å²) in [6, 6.07) is 9.10. The second kappa shape index (κ2) is 6.24. The molecule has 2 rings (SSSR count). The van der Waals surface area contributed by atoms with Gasteiger partial charge in [-0.3, -0.25) is 0 Å². The first kappa shape index (κ1) is 13.4. The normalized spacial score (nSPS) is 22.6. The maximum absolute atomic E-state index is 9.81.